The fraction of sp³-hybridized carbons (Fsp3) is 0.0526. The van der Waals surface area contributed by atoms with Crippen molar-refractivity contribution in [2.24, 2.45) is 0 Å². The topological polar surface area (TPSA) is 69.7 Å². The number of benzene rings is 2. The van der Waals surface area contributed by atoms with Crippen molar-refractivity contribution >= 4 is 21.9 Å². The summed E-state index contributed by atoms with van der Waals surface area (Å²) in [5.74, 6) is 1.08. The van der Waals surface area contributed by atoms with Gasteiger partial charge in [0.2, 0.25) is 5.43 Å². The summed E-state index contributed by atoms with van der Waals surface area (Å²) in [5, 5.41) is 0.505. The molecule has 0 saturated heterocycles. The maximum atomic E-state index is 12.4. The molecule has 0 unspecified atom stereocenters. The van der Waals surface area contributed by atoms with Crippen molar-refractivity contribution in [1.82, 2.24) is 0 Å². The van der Waals surface area contributed by atoms with Crippen molar-refractivity contribution in [2.45, 2.75) is 0 Å². The number of hydrogen-bond acceptors (Lipinski definition) is 5. The molecule has 0 radical (unpaired) electrons. The molecule has 0 bridgehead atoms. The van der Waals surface area contributed by atoms with Crippen molar-refractivity contribution in [2.75, 3.05) is 7.11 Å². The van der Waals surface area contributed by atoms with Gasteiger partial charge in [-0.1, -0.05) is 12.1 Å². The van der Waals surface area contributed by atoms with Gasteiger partial charge in [0.25, 0.3) is 0 Å². The van der Waals surface area contributed by atoms with Gasteiger partial charge in [0.1, 0.15) is 17.1 Å². The molecule has 0 spiro atoms. The summed E-state index contributed by atoms with van der Waals surface area (Å²) in [7, 11) is 1.58. The normalized spacial score (nSPS) is 11.0. The standard InChI is InChI=1S/C19H12O5/c1-22-12-8-6-11(7-9-12)16-10-14(20)17-18(23-16)13-4-2-3-5-15(13)24-19(17)21/h2-10H,1H3. The number of methoxy groups -OCH3 is 1. The van der Waals surface area contributed by atoms with Gasteiger partial charge < -0.3 is 13.6 Å². The Morgan fingerprint density at radius 3 is 2.42 bits per heavy atom. The van der Waals surface area contributed by atoms with E-state index >= 15 is 0 Å². The molecule has 0 fully saturated rings. The van der Waals surface area contributed by atoms with Gasteiger partial charge in [-0.15, -0.1) is 0 Å². The van der Waals surface area contributed by atoms with Gasteiger partial charge in [0, 0.05) is 11.6 Å². The number of fused-ring (bicyclic) bond motifs is 3. The molecule has 0 N–H and O–H groups in total. The zero-order valence-electron chi connectivity index (χ0n) is 12.7. The van der Waals surface area contributed by atoms with Crippen LogP contribution in [0.2, 0.25) is 0 Å². The average molecular weight is 320 g/mol. The summed E-state index contributed by atoms with van der Waals surface area (Å²) >= 11 is 0. The number of para-hydroxylation sites is 1. The number of hydrogen-bond donors (Lipinski definition) is 0. The third kappa shape index (κ3) is 2.18. The molecule has 0 aliphatic rings. The molecule has 2 aromatic heterocycles. The molecule has 2 heterocycles. The average Bonchev–Trinajstić information content (AvgIpc) is 2.61. The van der Waals surface area contributed by atoms with Crippen molar-refractivity contribution in [3.63, 3.8) is 0 Å². The summed E-state index contributed by atoms with van der Waals surface area (Å²) in [4.78, 5) is 24.5. The Kier molecular flexibility index (Phi) is 3.20. The third-order valence-electron chi connectivity index (χ3n) is 3.86. The van der Waals surface area contributed by atoms with Gasteiger partial charge in [-0.3, -0.25) is 4.79 Å². The maximum absolute atomic E-state index is 12.4. The van der Waals surface area contributed by atoms with Crippen molar-refractivity contribution < 1.29 is 13.6 Å². The Labute approximate surface area is 135 Å². The summed E-state index contributed by atoms with van der Waals surface area (Å²) in [6.45, 7) is 0. The molecule has 0 aliphatic heterocycles. The predicted molar refractivity (Wildman–Crippen MR) is 90.5 cm³/mol. The predicted octanol–water partition coefficient (Wildman–Crippen LogP) is 3.58. The second-order valence-electron chi connectivity index (χ2n) is 5.29. The lowest BCUT2D eigenvalue weighted by Crippen LogP contribution is -2.12. The number of ether oxygens (including phenoxy) is 1. The van der Waals surface area contributed by atoms with E-state index in [2.05, 4.69) is 0 Å². The van der Waals surface area contributed by atoms with E-state index in [1.54, 1.807) is 55.6 Å². The van der Waals surface area contributed by atoms with E-state index in [0.717, 1.165) is 0 Å². The van der Waals surface area contributed by atoms with E-state index < -0.39 is 11.1 Å². The lowest BCUT2D eigenvalue weighted by molar-refractivity contribution is 0.415. The first-order valence-corrected chi connectivity index (χ1v) is 7.31. The van der Waals surface area contributed by atoms with Crippen LogP contribution in [0.3, 0.4) is 0 Å². The molecule has 5 nitrogen and oxygen atoms in total. The Balaban J connectivity index is 2.07. The van der Waals surface area contributed by atoms with E-state index in [9.17, 15) is 9.59 Å². The summed E-state index contributed by atoms with van der Waals surface area (Å²) in [6, 6.07) is 15.4. The largest absolute Gasteiger partial charge is 0.497 e. The molecular weight excluding hydrogens is 308 g/mol. The Bertz CT molecular complexity index is 1170. The van der Waals surface area contributed by atoms with E-state index in [4.69, 9.17) is 13.6 Å². The Hall–Kier alpha value is -3.34. The molecule has 2 aromatic carbocycles. The first kappa shape index (κ1) is 14.3. The van der Waals surface area contributed by atoms with Crippen LogP contribution in [-0.2, 0) is 0 Å². The molecule has 4 rings (SSSR count). The SMILES string of the molecule is COc1ccc(-c2cc(=O)c3c(=O)oc4ccccc4c3o2)cc1. The summed E-state index contributed by atoms with van der Waals surface area (Å²) in [5.41, 5.74) is 0.206. The number of rotatable bonds is 2. The summed E-state index contributed by atoms with van der Waals surface area (Å²) < 4.78 is 16.2. The second-order valence-corrected chi connectivity index (χ2v) is 5.29. The van der Waals surface area contributed by atoms with E-state index in [1.165, 1.54) is 6.07 Å². The molecular formula is C19H12O5. The molecule has 5 heteroatoms. The smallest absolute Gasteiger partial charge is 0.351 e. The highest BCUT2D eigenvalue weighted by molar-refractivity contribution is 6.00. The first-order valence-electron chi connectivity index (χ1n) is 7.31. The monoisotopic (exact) mass is 320 g/mol. The minimum Gasteiger partial charge on any atom is -0.497 e. The van der Waals surface area contributed by atoms with Crippen LogP contribution in [0.5, 0.6) is 5.75 Å². The van der Waals surface area contributed by atoms with E-state index in [-0.39, 0.29) is 11.0 Å². The maximum Gasteiger partial charge on any atom is 0.351 e. The second kappa shape index (κ2) is 5.38. The van der Waals surface area contributed by atoms with Crippen LogP contribution in [0.1, 0.15) is 0 Å². The van der Waals surface area contributed by atoms with Gasteiger partial charge in [-0.05, 0) is 36.4 Å². The molecule has 0 saturated carbocycles. The van der Waals surface area contributed by atoms with Gasteiger partial charge in [-0.25, -0.2) is 4.79 Å². The molecule has 0 aliphatic carbocycles. The fourth-order valence-corrected chi connectivity index (χ4v) is 2.67. The highest BCUT2D eigenvalue weighted by atomic mass is 16.5. The van der Waals surface area contributed by atoms with Crippen LogP contribution >= 0.6 is 0 Å². The first-order chi connectivity index (χ1) is 11.7. The third-order valence-corrected chi connectivity index (χ3v) is 3.86. The molecule has 0 atom stereocenters. The van der Waals surface area contributed by atoms with Gasteiger partial charge >= 0.3 is 5.63 Å². The molecule has 0 amide bonds. The van der Waals surface area contributed by atoms with Crippen LogP contribution in [0.15, 0.2) is 73.0 Å². The Morgan fingerprint density at radius 2 is 1.67 bits per heavy atom. The van der Waals surface area contributed by atoms with E-state index in [0.29, 0.717) is 28.0 Å². The lowest BCUT2D eigenvalue weighted by atomic mass is 10.1. The summed E-state index contributed by atoms with van der Waals surface area (Å²) in [6.07, 6.45) is 0. The van der Waals surface area contributed by atoms with Gasteiger partial charge in [-0.2, -0.15) is 0 Å². The quantitative estimate of drug-likeness (QED) is 0.417. The minimum absolute atomic E-state index is 0.0778. The van der Waals surface area contributed by atoms with Crippen LogP contribution < -0.4 is 15.8 Å². The zero-order valence-corrected chi connectivity index (χ0v) is 12.7. The van der Waals surface area contributed by atoms with Crippen LogP contribution in [-0.4, -0.2) is 7.11 Å². The van der Waals surface area contributed by atoms with Crippen LogP contribution in [0.25, 0.3) is 33.3 Å². The lowest BCUT2D eigenvalue weighted by Gasteiger charge is -2.06. The van der Waals surface area contributed by atoms with Crippen molar-refractivity contribution in [3.05, 3.63) is 75.2 Å². The Morgan fingerprint density at radius 1 is 0.917 bits per heavy atom. The van der Waals surface area contributed by atoms with Crippen LogP contribution in [0.4, 0.5) is 0 Å². The van der Waals surface area contributed by atoms with Gasteiger partial charge in [0.05, 0.1) is 12.5 Å². The molecule has 118 valence electrons. The fourth-order valence-electron chi connectivity index (χ4n) is 2.67. The van der Waals surface area contributed by atoms with Crippen molar-refractivity contribution in [3.8, 4) is 17.1 Å². The van der Waals surface area contributed by atoms with Crippen LogP contribution in [0, 0.1) is 0 Å². The molecule has 4 aromatic rings. The highest BCUT2D eigenvalue weighted by Gasteiger charge is 2.15. The zero-order chi connectivity index (χ0) is 16.7. The minimum atomic E-state index is -0.696. The molecule has 24 heavy (non-hydrogen) atoms. The van der Waals surface area contributed by atoms with E-state index in [1.807, 2.05) is 0 Å². The van der Waals surface area contributed by atoms with Crippen molar-refractivity contribution in [1.29, 1.82) is 0 Å². The highest BCUT2D eigenvalue weighted by Crippen LogP contribution is 2.27. The van der Waals surface area contributed by atoms with Gasteiger partial charge in [0.15, 0.2) is 11.0 Å².